The van der Waals surface area contributed by atoms with Gasteiger partial charge < -0.3 is 10.6 Å². The zero-order chi connectivity index (χ0) is 16.1. The molecular formula is C16H21N3O3. The Morgan fingerprint density at radius 3 is 2.59 bits per heavy atom. The molecule has 0 spiro atoms. The summed E-state index contributed by atoms with van der Waals surface area (Å²) >= 11 is 0. The molecular weight excluding hydrogens is 282 g/mol. The summed E-state index contributed by atoms with van der Waals surface area (Å²) < 4.78 is 0. The van der Waals surface area contributed by atoms with Crippen molar-refractivity contribution in [3.05, 3.63) is 35.9 Å². The standard InChI is InChI=1S/C16H21N3O3/c1-11(2)9-17-14(20)10-19-15(21)13(18-16(19)22)8-12-6-4-3-5-7-12/h3-7,11,13H,8-10H2,1-2H3,(H,17,20)(H,18,22)/t13-/m0/s1. The Bertz CT molecular complexity index is 557. The van der Waals surface area contributed by atoms with Crippen molar-refractivity contribution in [3.8, 4) is 0 Å². The Hall–Kier alpha value is -2.37. The van der Waals surface area contributed by atoms with Crippen LogP contribution in [0.3, 0.4) is 0 Å². The number of urea groups is 1. The Kier molecular flexibility index (Phi) is 5.14. The molecule has 6 nitrogen and oxygen atoms in total. The lowest BCUT2D eigenvalue weighted by molar-refractivity contribution is -0.132. The van der Waals surface area contributed by atoms with Gasteiger partial charge in [0.1, 0.15) is 12.6 Å². The molecule has 0 saturated carbocycles. The minimum atomic E-state index is -0.604. The van der Waals surface area contributed by atoms with Gasteiger partial charge in [0, 0.05) is 13.0 Å². The molecule has 1 atom stereocenters. The van der Waals surface area contributed by atoms with Gasteiger partial charge in [-0.1, -0.05) is 44.2 Å². The Morgan fingerprint density at radius 2 is 1.95 bits per heavy atom. The molecule has 2 rings (SSSR count). The summed E-state index contributed by atoms with van der Waals surface area (Å²) in [6, 6.07) is 8.35. The summed E-state index contributed by atoms with van der Waals surface area (Å²) in [5.41, 5.74) is 0.965. The molecule has 0 aliphatic carbocycles. The summed E-state index contributed by atoms with van der Waals surface area (Å²) in [7, 11) is 0. The minimum Gasteiger partial charge on any atom is -0.354 e. The highest BCUT2D eigenvalue weighted by Gasteiger charge is 2.38. The first kappa shape index (κ1) is 16.0. The molecule has 0 unspecified atom stereocenters. The number of benzene rings is 1. The lowest BCUT2D eigenvalue weighted by Crippen LogP contribution is -2.42. The zero-order valence-corrected chi connectivity index (χ0v) is 12.8. The summed E-state index contributed by atoms with van der Waals surface area (Å²) in [6.45, 7) is 4.24. The highest BCUT2D eigenvalue weighted by Crippen LogP contribution is 2.11. The van der Waals surface area contributed by atoms with E-state index in [-0.39, 0.29) is 18.4 Å². The van der Waals surface area contributed by atoms with E-state index < -0.39 is 12.1 Å². The highest BCUT2D eigenvalue weighted by atomic mass is 16.2. The molecule has 4 amide bonds. The molecule has 1 saturated heterocycles. The maximum Gasteiger partial charge on any atom is 0.325 e. The second kappa shape index (κ2) is 7.06. The van der Waals surface area contributed by atoms with E-state index in [0.717, 1.165) is 10.5 Å². The minimum absolute atomic E-state index is 0.233. The predicted molar refractivity (Wildman–Crippen MR) is 82.0 cm³/mol. The molecule has 118 valence electrons. The third kappa shape index (κ3) is 4.07. The van der Waals surface area contributed by atoms with Crippen molar-refractivity contribution in [3.63, 3.8) is 0 Å². The van der Waals surface area contributed by atoms with Gasteiger partial charge >= 0.3 is 6.03 Å². The van der Waals surface area contributed by atoms with E-state index in [1.54, 1.807) is 0 Å². The zero-order valence-electron chi connectivity index (χ0n) is 12.8. The molecule has 1 aliphatic rings. The summed E-state index contributed by atoms with van der Waals surface area (Å²) in [5.74, 6) is -0.357. The number of rotatable bonds is 6. The van der Waals surface area contributed by atoms with Gasteiger partial charge in [-0.05, 0) is 11.5 Å². The van der Waals surface area contributed by atoms with Crippen molar-refractivity contribution < 1.29 is 14.4 Å². The van der Waals surface area contributed by atoms with E-state index in [1.807, 2.05) is 44.2 Å². The summed E-state index contributed by atoms with van der Waals surface area (Å²) in [4.78, 5) is 36.9. The van der Waals surface area contributed by atoms with Crippen molar-refractivity contribution in [2.75, 3.05) is 13.1 Å². The molecule has 22 heavy (non-hydrogen) atoms. The molecule has 1 aromatic rings. The average molecular weight is 303 g/mol. The SMILES string of the molecule is CC(C)CNC(=O)CN1C(=O)N[C@@H](Cc2ccccc2)C1=O. The number of nitrogens with one attached hydrogen (secondary N) is 2. The fraction of sp³-hybridized carbons (Fsp3) is 0.438. The average Bonchev–Trinajstić information content (AvgIpc) is 2.74. The van der Waals surface area contributed by atoms with Gasteiger partial charge in [0.2, 0.25) is 5.91 Å². The maximum absolute atomic E-state index is 12.3. The van der Waals surface area contributed by atoms with Gasteiger partial charge in [-0.15, -0.1) is 0 Å². The van der Waals surface area contributed by atoms with Crippen LogP contribution in [-0.2, 0) is 16.0 Å². The monoisotopic (exact) mass is 303 g/mol. The number of carbonyl (C=O) groups excluding carboxylic acids is 3. The van der Waals surface area contributed by atoms with Crippen molar-refractivity contribution in [1.82, 2.24) is 15.5 Å². The van der Waals surface area contributed by atoms with E-state index in [2.05, 4.69) is 10.6 Å². The maximum atomic E-state index is 12.3. The van der Waals surface area contributed by atoms with Gasteiger partial charge in [-0.3, -0.25) is 14.5 Å². The van der Waals surface area contributed by atoms with Gasteiger partial charge in [-0.2, -0.15) is 0 Å². The molecule has 1 aromatic carbocycles. The number of carbonyl (C=O) groups is 3. The van der Waals surface area contributed by atoms with E-state index in [1.165, 1.54) is 0 Å². The van der Waals surface area contributed by atoms with Crippen LogP contribution >= 0.6 is 0 Å². The van der Waals surface area contributed by atoms with Crippen LogP contribution in [0.4, 0.5) is 4.79 Å². The van der Waals surface area contributed by atoms with E-state index in [9.17, 15) is 14.4 Å². The van der Waals surface area contributed by atoms with Gasteiger partial charge in [0.25, 0.3) is 5.91 Å². The van der Waals surface area contributed by atoms with Crippen molar-refractivity contribution in [2.45, 2.75) is 26.3 Å². The molecule has 0 aromatic heterocycles. The number of hydrogen-bond acceptors (Lipinski definition) is 3. The van der Waals surface area contributed by atoms with E-state index in [4.69, 9.17) is 0 Å². The largest absolute Gasteiger partial charge is 0.354 e. The van der Waals surface area contributed by atoms with Crippen LogP contribution in [0.5, 0.6) is 0 Å². The lowest BCUT2D eigenvalue weighted by Gasteiger charge is -2.14. The Morgan fingerprint density at radius 1 is 1.27 bits per heavy atom. The third-order valence-corrected chi connectivity index (χ3v) is 3.40. The van der Waals surface area contributed by atoms with Crippen LogP contribution in [0.2, 0.25) is 0 Å². The van der Waals surface area contributed by atoms with Crippen molar-refractivity contribution >= 4 is 17.8 Å². The molecule has 6 heteroatoms. The van der Waals surface area contributed by atoms with E-state index in [0.29, 0.717) is 18.9 Å². The van der Waals surface area contributed by atoms with Crippen LogP contribution in [0.15, 0.2) is 30.3 Å². The number of nitrogens with zero attached hydrogens (tertiary/aromatic N) is 1. The summed E-state index contributed by atoms with van der Waals surface area (Å²) in [5, 5.41) is 5.33. The Labute approximate surface area is 129 Å². The van der Waals surface area contributed by atoms with Crippen LogP contribution in [0, 0.1) is 5.92 Å². The summed E-state index contributed by atoms with van der Waals surface area (Å²) in [6.07, 6.45) is 0.426. The topological polar surface area (TPSA) is 78.5 Å². The van der Waals surface area contributed by atoms with Crippen molar-refractivity contribution in [1.29, 1.82) is 0 Å². The molecule has 1 aliphatic heterocycles. The smallest absolute Gasteiger partial charge is 0.325 e. The molecule has 1 heterocycles. The highest BCUT2D eigenvalue weighted by molar-refractivity contribution is 6.06. The lowest BCUT2D eigenvalue weighted by atomic mass is 10.1. The fourth-order valence-corrected chi connectivity index (χ4v) is 2.23. The number of imide groups is 1. The second-order valence-electron chi connectivity index (χ2n) is 5.81. The Balaban J connectivity index is 1.92. The fourth-order valence-electron chi connectivity index (χ4n) is 2.23. The van der Waals surface area contributed by atoms with Gasteiger partial charge in [0.15, 0.2) is 0 Å². The quantitative estimate of drug-likeness (QED) is 0.767. The number of hydrogen-bond donors (Lipinski definition) is 2. The number of amides is 4. The second-order valence-corrected chi connectivity index (χ2v) is 5.81. The molecule has 0 bridgehead atoms. The van der Waals surface area contributed by atoms with Crippen LogP contribution < -0.4 is 10.6 Å². The first-order chi connectivity index (χ1) is 10.5. The molecule has 2 N–H and O–H groups in total. The first-order valence-electron chi connectivity index (χ1n) is 7.40. The van der Waals surface area contributed by atoms with Crippen LogP contribution in [-0.4, -0.2) is 41.9 Å². The van der Waals surface area contributed by atoms with Gasteiger partial charge in [-0.25, -0.2) is 4.79 Å². The predicted octanol–water partition coefficient (Wildman–Crippen LogP) is 0.922. The van der Waals surface area contributed by atoms with Gasteiger partial charge in [0.05, 0.1) is 0 Å². The first-order valence-corrected chi connectivity index (χ1v) is 7.40. The molecule has 1 fully saturated rings. The van der Waals surface area contributed by atoms with Crippen LogP contribution in [0.25, 0.3) is 0 Å². The normalized spacial score (nSPS) is 17.8. The van der Waals surface area contributed by atoms with Crippen molar-refractivity contribution in [2.24, 2.45) is 5.92 Å². The molecule has 0 radical (unpaired) electrons. The third-order valence-electron chi connectivity index (χ3n) is 3.40. The van der Waals surface area contributed by atoms with Crippen LogP contribution in [0.1, 0.15) is 19.4 Å². The van der Waals surface area contributed by atoms with E-state index >= 15 is 0 Å².